The van der Waals surface area contributed by atoms with Gasteiger partial charge in [0.2, 0.25) is 29.5 Å². The minimum atomic E-state index is -1.39. The first-order valence-electron chi connectivity index (χ1n) is 29.4. The maximum absolute atomic E-state index is 14.2. The van der Waals surface area contributed by atoms with Crippen LogP contribution < -0.4 is 44.2 Å². The van der Waals surface area contributed by atoms with Crippen LogP contribution >= 0.6 is 12.2 Å². The summed E-state index contributed by atoms with van der Waals surface area (Å²) in [7, 11) is 0. The number of carboxylic acid groups (broad SMARTS) is 2. The second kappa shape index (κ2) is 36.6. The van der Waals surface area contributed by atoms with Crippen molar-refractivity contribution >= 4 is 92.9 Å². The first kappa shape index (κ1) is 70.3. The van der Waals surface area contributed by atoms with Crippen molar-refractivity contribution in [3.8, 4) is 0 Å². The SMILES string of the molecule is CC(=O)CC[C@@H](NC(=O)N[C@H](CCCCN(Cc1nccc2ccccc12)C(=O)c1ccc(CNC(=O)CCCCCC(=S)Nc2ccc(CC3CN(CC(N)=O)CCN(CC(N)=O)CCN(CC(N)=O)CCN3CC(N)=O)cc2)cc1)C(=O)O)C(=O)O. The van der Waals surface area contributed by atoms with Crippen LogP contribution in [-0.4, -0.2) is 201 Å². The fourth-order valence-electron chi connectivity index (χ4n) is 10.3. The molecule has 4 aromatic rings. The molecule has 1 saturated heterocycles. The number of hydrogen-bond donors (Lipinski definition) is 10. The summed E-state index contributed by atoms with van der Waals surface area (Å²) in [5, 5.41) is 31.9. The van der Waals surface area contributed by atoms with Gasteiger partial charge in [-0.1, -0.05) is 67.2 Å². The highest BCUT2D eigenvalue weighted by molar-refractivity contribution is 7.80. The molecule has 5 rings (SSSR count). The van der Waals surface area contributed by atoms with Crippen LogP contribution in [0.4, 0.5) is 10.5 Å². The predicted molar refractivity (Wildman–Crippen MR) is 334 cm³/mol. The van der Waals surface area contributed by atoms with Crippen LogP contribution in [0.15, 0.2) is 85.1 Å². The molecule has 1 fully saturated rings. The molecule has 88 heavy (non-hydrogen) atoms. The van der Waals surface area contributed by atoms with E-state index in [1.54, 1.807) is 35.4 Å². The van der Waals surface area contributed by atoms with Gasteiger partial charge in [-0.2, -0.15) is 0 Å². The Bertz CT molecular complexity index is 3040. The van der Waals surface area contributed by atoms with E-state index < -0.39 is 53.7 Å². The third-order valence-electron chi connectivity index (χ3n) is 14.9. The Hall–Kier alpha value is -8.50. The lowest BCUT2D eigenvalue weighted by molar-refractivity contribution is -0.139. The number of Topliss-reactive ketones (excluding diaryl/α,β-unsaturated/α-hetero) is 1. The molecule has 8 amide bonds. The van der Waals surface area contributed by atoms with Crippen LogP contribution in [0.1, 0.15) is 98.3 Å². The van der Waals surface area contributed by atoms with Crippen molar-refractivity contribution in [1.82, 2.24) is 45.4 Å². The number of nitrogens with two attached hydrogens (primary N) is 4. The van der Waals surface area contributed by atoms with Gasteiger partial charge >= 0.3 is 18.0 Å². The van der Waals surface area contributed by atoms with Crippen molar-refractivity contribution in [3.63, 3.8) is 0 Å². The second-order valence-corrected chi connectivity index (χ2v) is 22.6. The number of primary amides is 4. The lowest BCUT2D eigenvalue weighted by Crippen LogP contribution is -2.54. The van der Waals surface area contributed by atoms with Crippen LogP contribution in [-0.2, 0) is 57.9 Å². The number of nitrogens with one attached hydrogen (secondary N) is 4. The molecule has 26 nitrogen and oxygen atoms in total. The molecule has 14 N–H and O–H groups in total. The number of urea groups is 1. The first-order chi connectivity index (χ1) is 42.0. The maximum atomic E-state index is 14.2. The normalized spacial score (nSPS) is 15.3. The number of carbonyl (C=O) groups is 10. The Morgan fingerprint density at radius 2 is 1.20 bits per heavy atom. The maximum Gasteiger partial charge on any atom is 0.326 e. The fraction of sp³-hybridized carbons (Fsp3) is 0.475. The number of hydrogen-bond acceptors (Lipinski definition) is 16. The molecule has 27 heteroatoms. The summed E-state index contributed by atoms with van der Waals surface area (Å²) in [5.74, 6) is -5.48. The van der Waals surface area contributed by atoms with Crippen LogP contribution in [0, 0.1) is 0 Å². The third-order valence-corrected chi connectivity index (χ3v) is 15.2. The number of pyridine rings is 1. The van der Waals surface area contributed by atoms with Gasteiger partial charge in [-0.25, -0.2) is 14.4 Å². The number of anilines is 1. The largest absolute Gasteiger partial charge is 0.480 e. The minimum absolute atomic E-state index is 0.0167. The minimum Gasteiger partial charge on any atom is -0.480 e. The first-order valence-corrected chi connectivity index (χ1v) is 29.8. The molecule has 0 bridgehead atoms. The van der Waals surface area contributed by atoms with Crippen molar-refractivity contribution in [2.45, 2.75) is 109 Å². The van der Waals surface area contributed by atoms with Crippen LogP contribution in [0.2, 0.25) is 0 Å². The van der Waals surface area contributed by atoms with Crippen molar-refractivity contribution in [2.24, 2.45) is 22.9 Å². The fourth-order valence-corrected chi connectivity index (χ4v) is 10.5. The molecule has 0 radical (unpaired) electrons. The number of rotatable bonds is 34. The Morgan fingerprint density at radius 3 is 1.82 bits per heavy atom. The summed E-state index contributed by atoms with van der Waals surface area (Å²) in [6, 6.07) is 20.1. The van der Waals surface area contributed by atoms with Crippen molar-refractivity contribution in [1.29, 1.82) is 0 Å². The number of nitrogens with zero attached hydrogens (tertiary/aromatic N) is 6. The topological polar surface area (TPSA) is 392 Å². The smallest absolute Gasteiger partial charge is 0.326 e. The second-order valence-electron chi connectivity index (χ2n) is 22.1. The number of aromatic nitrogens is 1. The molecule has 1 aromatic heterocycles. The summed E-state index contributed by atoms with van der Waals surface area (Å²) in [6.45, 7) is 4.32. The molecule has 1 aliphatic rings. The highest BCUT2D eigenvalue weighted by Crippen LogP contribution is 2.21. The van der Waals surface area contributed by atoms with Gasteiger partial charge in [-0.3, -0.25) is 53.4 Å². The van der Waals surface area contributed by atoms with E-state index in [-0.39, 0.29) is 95.1 Å². The third kappa shape index (κ3) is 25.8. The van der Waals surface area contributed by atoms with E-state index >= 15 is 0 Å². The Balaban J connectivity index is 1.09. The Labute approximate surface area is 517 Å². The number of ketones is 1. The summed E-state index contributed by atoms with van der Waals surface area (Å²) in [4.78, 5) is 138. The van der Waals surface area contributed by atoms with Gasteiger partial charge in [0.05, 0.1) is 43.4 Å². The molecule has 3 aromatic carbocycles. The van der Waals surface area contributed by atoms with Crippen LogP contribution in [0.3, 0.4) is 0 Å². The van der Waals surface area contributed by atoms with Gasteiger partial charge in [0, 0.05) is 101 Å². The van der Waals surface area contributed by atoms with E-state index in [0.29, 0.717) is 94.2 Å². The molecule has 2 heterocycles. The van der Waals surface area contributed by atoms with Crippen molar-refractivity contribution < 1.29 is 58.2 Å². The van der Waals surface area contributed by atoms with Gasteiger partial charge in [-0.15, -0.1) is 0 Å². The van der Waals surface area contributed by atoms with E-state index in [1.807, 2.05) is 74.2 Å². The monoisotopic (exact) mass is 1240 g/mol. The van der Waals surface area contributed by atoms with E-state index in [1.165, 1.54) is 6.92 Å². The number of unbranched alkanes of at least 4 members (excludes halogenated alkanes) is 3. The number of aliphatic carboxylic acids is 2. The highest BCUT2D eigenvalue weighted by Gasteiger charge is 2.29. The molecule has 0 saturated carbocycles. The standard InChI is InChI=1S/C61H84N14O12S/c1-41(76)14-23-50(60(85)86)70-61(87)69-49(59(83)84)11-7-8-26-75(36-51-48-10-6-5-9-44(48)24-25-66-51)58(82)45-19-15-43(16-20-45)34-67-56(81)12-3-2-4-13-57(88)68-46-21-17-42(18-22-46)33-47-35-73(39-54(64)79)30-29-71(37-52(62)77)27-28-72(38-53(63)78)31-32-74(47)40-55(65)80/h5-6,9-10,15-22,24-25,47,49-50H,2-4,7-8,11-14,23,26-40H2,1H3,(H2,62,77)(H2,63,78)(H2,64,79)(H2,65,80)(H,67,81)(H,68,88)(H,83,84)(H,85,86)(H2,69,70,87)/t47?,49-,50-/m1/s1. The van der Waals surface area contributed by atoms with Gasteiger partial charge in [0.25, 0.3) is 5.91 Å². The van der Waals surface area contributed by atoms with E-state index in [0.717, 1.165) is 40.4 Å². The molecular formula is C61H84N14O12S. The zero-order valence-corrected chi connectivity index (χ0v) is 50.7. The van der Waals surface area contributed by atoms with Crippen molar-refractivity contribution in [3.05, 3.63) is 107 Å². The number of fused-ring (bicyclic) bond motifs is 1. The lowest BCUT2D eigenvalue weighted by Gasteiger charge is -2.38. The summed E-state index contributed by atoms with van der Waals surface area (Å²) < 4.78 is 0. The number of carboxylic acids is 2. The summed E-state index contributed by atoms with van der Waals surface area (Å²) in [5.41, 5.74) is 26.1. The Kier molecular flexibility index (Phi) is 29.2. The van der Waals surface area contributed by atoms with Crippen molar-refractivity contribution in [2.75, 3.05) is 83.9 Å². The number of benzene rings is 3. The van der Waals surface area contributed by atoms with E-state index in [9.17, 15) is 58.2 Å². The predicted octanol–water partition coefficient (Wildman–Crippen LogP) is 1.70. The zero-order valence-electron chi connectivity index (χ0n) is 49.9. The molecule has 476 valence electrons. The zero-order chi connectivity index (χ0) is 64.1. The van der Waals surface area contributed by atoms with E-state index in [2.05, 4.69) is 26.3 Å². The summed E-state index contributed by atoms with van der Waals surface area (Å²) >= 11 is 5.68. The molecule has 1 unspecified atom stereocenters. The molecule has 0 aliphatic carbocycles. The molecular weight excluding hydrogens is 1150 g/mol. The van der Waals surface area contributed by atoms with Gasteiger partial charge < -0.3 is 64.1 Å². The van der Waals surface area contributed by atoms with Crippen LogP contribution in [0.25, 0.3) is 10.8 Å². The summed E-state index contributed by atoms with van der Waals surface area (Å²) in [6.07, 6.45) is 5.54. The number of carbonyl (C=O) groups excluding carboxylic acids is 8. The van der Waals surface area contributed by atoms with Gasteiger partial charge in [-0.05, 0) is 105 Å². The van der Waals surface area contributed by atoms with Crippen LogP contribution in [0.5, 0.6) is 0 Å². The van der Waals surface area contributed by atoms with E-state index in [4.69, 9.17) is 35.2 Å². The molecule has 3 atom stereocenters. The highest BCUT2D eigenvalue weighted by atomic mass is 32.1. The Morgan fingerprint density at radius 1 is 0.636 bits per heavy atom. The molecule has 0 spiro atoms. The van der Waals surface area contributed by atoms with Gasteiger partial charge in [0.1, 0.15) is 17.9 Å². The lowest BCUT2D eigenvalue weighted by atomic mass is 10.0. The molecule has 1 aliphatic heterocycles. The quantitative estimate of drug-likeness (QED) is 0.0235. The number of amides is 8. The average molecular weight is 1240 g/mol. The number of thiocarbonyl (C=S) groups is 1. The average Bonchev–Trinajstić information content (AvgIpc) is 3.07. The van der Waals surface area contributed by atoms with Gasteiger partial charge in [0.15, 0.2) is 0 Å².